The smallest absolute Gasteiger partial charge is 0.270 e. The normalized spacial score (nSPS) is 25.9. The van der Waals surface area contributed by atoms with Gasteiger partial charge in [0.1, 0.15) is 5.69 Å². The fraction of sp³-hybridized carbons (Fsp3) is 0.643. The van der Waals surface area contributed by atoms with Crippen LogP contribution in [-0.2, 0) is 11.2 Å². The molecule has 4 heteroatoms. The van der Waals surface area contributed by atoms with E-state index in [-0.39, 0.29) is 11.9 Å². The highest BCUT2D eigenvalue weighted by atomic mass is 16.5. The van der Waals surface area contributed by atoms with Gasteiger partial charge in [-0.3, -0.25) is 4.79 Å². The van der Waals surface area contributed by atoms with Gasteiger partial charge in [-0.15, -0.1) is 0 Å². The summed E-state index contributed by atoms with van der Waals surface area (Å²) in [4.78, 5) is 17.7. The summed E-state index contributed by atoms with van der Waals surface area (Å²) in [5, 5.41) is 0. The van der Waals surface area contributed by atoms with Crippen molar-refractivity contribution < 1.29 is 9.53 Å². The number of aromatic amines is 1. The van der Waals surface area contributed by atoms with E-state index in [0.717, 1.165) is 50.3 Å². The van der Waals surface area contributed by atoms with Gasteiger partial charge < -0.3 is 14.6 Å². The number of carbonyl (C=O) groups is 1. The van der Waals surface area contributed by atoms with E-state index in [4.69, 9.17) is 4.74 Å². The molecule has 1 aromatic heterocycles. The zero-order valence-electron chi connectivity index (χ0n) is 10.8. The fourth-order valence-corrected chi connectivity index (χ4v) is 3.07. The van der Waals surface area contributed by atoms with Crippen LogP contribution in [0, 0.1) is 5.92 Å². The maximum atomic E-state index is 12.5. The molecule has 98 valence electrons. The van der Waals surface area contributed by atoms with Gasteiger partial charge in [-0.1, -0.05) is 0 Å². The molecule has 0 aliphatic carbocycles. The molecule has 0 aromatic carbocycles. The van der Waals surface area contributed by atoms with E-state index >= 15 is 0 Å². The monoisotopic (exact) mass is 248 g/mol. The van der Waals surface area contributed by atoms with E-state index in [1.807, 2.05) is 17.2 Å². The lowest BCUT2D eigenvalue weighted by Crippen LogP contribution is -2.43. The Labute approximate surface area is 107 Å². The topological polar surface area (TPSA) is 45.3 Å². The van der Waals surface area contributed by atoms with Crippen LogP contribution in [-0.4, -0.2) is 41.6 Å². The van der Waals surface area contributed by atoms with E-state index in [2.05, 4.69) is 11.9 Å². The molecular formula is C14H20N2O2. The van der Waals surface area contributed by atoms with Gasteiger partial charge in [0.2, 0.25) is 0 Å². The van der Waals surface area contributed by atoms with Crippen LogP contribution in [0.15, 0.2) is 12.3 Å². The van der Waals surface area contributed by atoms with E-state index in [1.54, 1.807) is 0 Å². The minimum absolute atomic E-state index is 0.159. The second-order valence-electron chi connectivity index (χ2n) is 5.34. The number of rotatable bonds is 2. The highest BCUT2D eigenvalue weighted by molar-refractivity contribution is 5.94. The third-order valence-corrected chi connectivity index (χ3v) is 4.29. The Bertz CT molecular complexity index is 435. The average molecular weight is 248 g/mol. The summed E-state index contributed by atoms with van der Waals surface area (Å²) >= 11 is 0. The lowest BCUT2D eigenvalue weighted by Gasteiger charge is -2.31. The van der Waals surface area contributed by atoms with Gasteiger partial charge in [-0.05, 0) is 37.8 Å². The minimum Gasteiger partial charge on any atom is -0.381 e. The average Bonchev–Trinajstić information content (AvgIpc) is 3.02. The Morgan fingerprint density at radius 2 is 2.44 bits per heavy atom. The van der Waals surface area contributed by atoms with Gasteiger partial charge in [-0.25, -0.2) is 0 Å². The van der Waals surface area contributed by atoms with Crippen molar-refractivity contribution in [2.75, 3.05) is 19.8 Å². The van der Waals surface area contributed by atoms with Gasteiger partial charge >= 0.3 is 0 Å². The van der Waals surface area contributed by atoms with Crippen LogP contribution in [0.25, 0.3) is 0 Å². The number of hydrogen-bond acceptors (Lipinski definition) is 2. The first kappa shape index (κ1) is 11.8. The summed E-state index contributed by atoms with van der Waals surface area (Å²) in [5.41, 5.74) is 1.95. The predicted octanol–water partition coefficient (Wildman–Crippen LogP) is 1.83. The molecule has 2 aliphatic heterocycles. The molecule has 2 aliphatic rings. The molecule has 1 saturated heterocycles. The van der Waals surface area contributed by atoms with Crippen molar-refractivity contribution in [1.82, 2.24) is 9.88 Å². The van der Waals surface area contributed by atoms with Crippen LogP contribution >= 0.6 is 0 Å². The van der Waals surface area contributed by atoms with Crippen LogP contribution in [0.2, 0.25) is 0 Å². The van der Waals surface area contributed by atoms with Gasteiger partial charge in [0.25, 0.3) is 5.91 Å². The Morgan fingerprint density at radius 3 is 3.22 bits per heavy atom. The van der Waals surface area contributed by atoms with Crippen LogP contribution in [0.4, 0.5) is 0 Å². The third-order valence-electron chi connectivity index (χ3n) is 4.29. The van der Waals surface area contributed by atoms with Crippen LogP contribution in [0.5, 0.6) is 0 Å². The zero-order chi connectivity index (χ0) is 12.5. The number of amides is 1. The molecule has 0 radical (unpaired) electrons. The molecule has 2 atom stereocenters. The summed E-state index contributed by atoms with van der Waals surface area (Å²) in [5.74, 6) is 0.650. The maximum Gasteiger partial charge on any atom is 0.270 e. The molecular weight excluding hydrogens is 228 g/mol. The summed E-state index contributed by atoms with van der Waals surface area (Å²) in [6.45, 7) is 4.65. The van der Waals surface area contributed by atoms with Crippen molar-refractivity contribution in [3.05, 3.63) is 23.5 Å². The van der Waals surface area contributed by atoms with Crippen LogP contribution in [0.3, 0.4) is 0 Å². The van der Waals surface area contributed by atoms with Gasteiger partial charge in [-0.2, -0.15) is 0 Å². The molecule has 2 unspecified atom stereocenters. The lowest BCUT2D eigenvalue weighted by molar-refractivity contribution is 0.0615. The van der Waals surface area contributed by atoms with E-state index in [9.17, 15) is 4.79 Å². The molecule has 18 heavy (non-hydrogen) atoms. The van der Waals surface area contributed by atoms with E-state index in [1.165, 1.54) is 0 Å². The Balaban J connectivity index is 1.82. The number of aryl methyl sites for hydroxylation is 1. The first-order chi connectivity index (χ1) is 8.77. The molecule has 3 heterocycles. The first-order valence-electron chi connectivity index (χ1n) is 6.82. The standard InChI is InChI=1S/C14H20N2O2/c1-10(12-5-8-18-9-12)16-7-2-3-11-4-6-15-13(11)14(16)17/h4,6,10,12,15H,2-3,5,7-9H2,1H3. The molecule has 0 bridgehead atoms. The molecule has 1 N–H and O–H groups in total. The largest absolute Gasteiger partial charge is 0.381 e. The summed E-state index contributed by atoms with van der Waals surface area (Å²) in [7, 11) is 0. The quantitative estimate of drug-likeness (QED) is 0.868. The molecule has 0 saturated carbocycles. The second kappa shape index (κ2) is 4.76. The van der Waals surface area contributed by atoms with E-state index in [0.29, 0.717) is 5.92 Å². The third kappa shape index (κ3) is 1.94. The number of H-pyrrole nitrogens is 1. The lowest BCUT2D eigenvalue weighted by atomic mass is 9.99. The summed E-state index contributed by atoms with van der Waals surface area (Å²) < 4.78 is 5.44. The number of nitrogens with one attached hydrogen (secondary N) is 1. The first-order valence-corrected chi connectivity index (χ1v) is 6.82. The van der Waals surface area contributed by atoms with Crippen molar-refractivity contribution >= 4 is 5.91 Å². The Morgan fingerprint density at radius 1 is 1.56 bits per heavy atom. The Kier molecular flexibility index (Phi) is 3.12. The van der Waals surface area contributed by atoms with Crippen molar-refractivity contribution in [2.45, 2.75) is 32.2 Å². The summed E-state index contributed by atoms with van der Waals surface area (Å²) in [6.07, 6.45) is 4.99. The molecule has 3 rings (SSSR count). The molecule has 1 fully saturated rings. The minimum atomic E-state index is 0.159. The molecule has 0 spiro atoms. The van der Waals surface area contributed by atoms with Gasteiger partial charge in [0, 0.05) is 31.3 Å². The molecule has 1 aromatic rings. The fourth-order valence-electron chi connectivity index (χ4n) is 3.07. The van der Waals surface area contributed by atoms with Crippen LogP contribution < -0.4 is 0 Å². The maximum absolute atomic E-state index is 12.5. The van der Waals surface area contributed by atoms with Crippen molar-refractivity contribution in [1.29, 1.82) is 0 Å². The number of fused-ring (bicyclic) bond motifs is 1. The molecule has 4 nitrogen and oxygen atoms in total. The number of aromatic nitrogens is 1. The number of carbonyl (C=O) groups excluding carboxylic acids is 1. The van der Waals surface area contributed by atoms with Crippen molar-refractivity contribution in [3.63, 3.8) is 0 Å². The van der Waals surface area contributed by atoms with Crippen molar-refractivity contribution in [2.24, 2.45) is 5.92 Å². The number of hydrogen-bond donors (Lipinski definition) is 1. The van der Waals surface area contributed by atoms with Gasteiger partial charge in [0.05, 0.1) is 6.61 Å². The summed E-state index contributed by atoms with van der Waals surface area (Å²) in [6, 6.07) is 2.30. The Hall–Kier alpha value is -1.29. The number of ether oxygens (including phenoxy) is 1. The zero-order valence-corrected chi connectivity index (χ0v) is 10.8. The number of nitrogens with zero attached hydrogens (tertiary/aromatic N) is 1. The van der Waals surface area contributed by atoms with Gasteiger partial charge in [0.15, 0.2) is 0 Å². The second-order valence-corrected chi connectivity index (χ2v) is 5.34. The van der Waals surface area contributed by atoms with Crippen LogP contribution in [0.1, 0.15) is 35.8 Å². The van der Waals surface area contributed by atoms with E-state index < -0.39 is 0 Å². The SMILES string of the molecule is CC(C1CCOC1)N1CCCc2cc[nH]c2C1=O. The highest BCUT2D eigenvalue weighted by Gasteiger charge is 2.32. The van der Waals surface area contributed by atoms with Crippen molar-refractivity contribution in [3.8, 4) is 0 Å². The highest BCUT2D eigenvalue weighted by Crippen LogP contribution is 2.25. The predicted molar refractivity (Wildman–Crippen MR) is 68.5 cm³/mol. The molecule has 1 amide bonds.